The lowest BCUT2D eigenvalue weighted by atomic mass is 9.80. The minimum atomic E-state index is 0.0497. The molecule has 0 aliphatic carbocycles. The zero-order valence-corrected chi connectivity index (χ0v) is 28.1. The van der Waals surface area contributed by atoms with Crippen molar-refractivity contribution in [2.45, 2.75) is 47.1 Å². The van der Waals surface area contributed by atoms with E-state index in [2.05, 4.69) is 176 Å². The second-order valence-electron chi connectivity index (χ2n) is 12.1. The van der Waals surface area contributed by atoms with Crippen LogP contribution < -0.4 is 9.80 Å². The standard InChI is InChI=1S/C43H47N3/c1-6-44(7-2)36-26-24-34(25-27-36)41(38-29-28-37(30-32(38)5)45(8-3)9-4)42-39-22-16-17-23-40(39)46(31-33-18-12-10-13-19-33)43(42)35-20-14-11-15-21-35/h10-30,41H,6-9,31H2,1-5H3. The van der Waals surface area contributed by atoms with E-state index in [1.807, 2.05) is 0 Å². The normalized spacial score (nSPS) is 11.9. The molecule has 1 heterocycles. The van der Waals surface area contributed by atoms with Crippen LogP contribution in [0, 0.1) is 6.92 Å². The van der Waals surface area contributed by atoms with Gasteiger partial charge in [-0.05, 0) is 98.3 Å². The molecule has 1 unspecified atom stereocenters. The van der Waals surface area contributed by atoms with Crippen LogP contribution in [0.5, 0.6) is 0 Å². The number of aryl methyl sites for hydroxylation is 1. The van der Waals surface area contributed by atoms with Gasteiger partial charge in [0.15, 0.2) is 0 Å². The van der Waals surface area contributed by atoms with Gasteiger partial charge in [-0.15, -0.1) is 0 Å². The molecular formula is C43H47N3. The van der Waals surface area contributed by atoms with E-state index in [9.17, 15) is 0 Å². The van der Waals surface area contributed by atoms with Crippen LogP contribution in [0.1, 0.15) is 61.4 Å². The summed E-state index contributed by atoms with van der Waals surface area (Å²) in [6.07, 6.45) is 0. The van der Waals surface area contributed by atoms with E-state index in [-0.39, 0.29) is 5.92 Å². The third-order valence-corrected chi connectivity index (χ3v) is 9.58. The molecule has 3 heteroatoms. The number of nitrogens with zero attached hydrogens (tertiary/aromatic N) is 3. The molecule has 234 valence electrons. The first-order valence-corrected chi connectivity index (χ1v) is 17.0. The molecule has 0 N–H and O–H groups in total. The summed E-state index contributed by atoms with van der Waals surface area (Å²) in [5, 5.41) is 1.31. The van der Waals surface area contributed by atoms with Gasteiger partial charge >= 0.3 is 0 Å². The van der Waals surface area contributed by atoms with Crippen molar-refractivity contribution in [1.82, 2.24) is 4.57 Å². The summed E-state index contributed by atoms with van der Waals surface area (Å²) in [4.78, 5) is 4.86. The van der Waals surface area contributed by atoms with Crippen molar-refractivity contribution in [1.29, 1.82) is 0 Å². The zero-order chi connectivity index (χ0) is 32.0. The van der Waals surface area contributed by atoms with Crippen molar-refractivity contribution in [3.8, 4) is 11.3 Å². The molecule has 5 aromatic carbocycles. The highest BCUT2D eigenvalue weighted by Crippen LogP contribution is 2.46. The van der Waals surface area contributed by atoms with E-state index in [1.54, 1.807) is 0 Å². The summed E-state index contributed by atoms with van der Waals surface area (Å²) >= 11 is 0. The van der Waals surface area contributed by atoms with Crippen molar-refractivity contribution >= 4 is 22.3 Å². The molecule has 0 saturated heterocycles. The van der Waals surface area contributed by atoms with Crippen LogP contribution in [0.25, 0.3) is 22.2 Å². The second kappa shape index (κ2) is 14.1. The second-order valence-corrected chi connectivity index (χ2v) is 12.1. The summed E-state index contributed by atoms with van der Waals surface area (Å²) in [7, 11) is 0. The molecule has 1 aromatic heterocycles. The molecule has 0 radical (unpaired) electrons. The van der Waals surface area contributed by atoms with Crippen LogP contribution in [0.2, 0.25) is 0 Å². The molecule has 0 saturated carbocycles. The number of fused-ring (bicyclic) bond motifs is 1. The fraction of sp³-hybridized carbons (Fsp3) is 0.256. The van der Waals surface area contributed by atoms with E-state index < -0.39 is 0 Å². The minimum Gasteiger partial charge on any atom is -0.372 e. The molecular weight excluding hydrogens is 558 g/mol. The molecule has 0 amide bonds. The van der Waals surface area contributed by atoms with E-state index >= 15 is 0 Å². The van der Waals surface area contributed by atoms with Gasteiger partial charge in [0.1, 0.15) is 0 Å². The van der Waals surface area contributed by atoms with Gasteiger partial charge in [-0.3, -0.25) is 0 Å². The first kappa shape index (κ1) is 31.2. The quantitative estimate of drug-likeness (QED) is 0.137. The first-order chi connectivity index (χ1) is 22.6. The molecule has 6 aromatic rings. The van der Waals surface area contributed by atoms with E-state index in [1.165, 1.54) is 61.4 Å². The minimum absolute atomic E-state index is 0.0497. The molecule has 0 aliphatic rings. The Morgan fingerprint density at radius 1 is 0.587 bits per heavy atom. The van der Waals surface area contributed by atoms with Crippen LogP contribution in [-0.4, -0.2) is 30.7 Å². The highest BCUT2D eigenvalue weighted by molar-refractivity contribution is 5.94. The summed E-state index contributed by atoms with van der Waals surface area (Å²) < 4.78 is 2.55. The monoisotopic (exact) mass is 605 g/mol. The lowest BCUT2D eigenvalue weighted by Crippen LogP contribution is -2.22. The number of para-hydroxylation sites is 1. The molecule has 0 aliphatic heterocycles. The van der Waals surface area contributed by atoms with Gasteiger partial charge in [0.25, 0.3) is 0 Å². The lowest BCUT2D eigenvalue weighted by molar-refractivity contribution is 0.833. The maximum atomic E-state index is 2.55. The SMILES string of the molecule is CCN(CC)c1ccc(C(c2ccc(N(CC)CC)cc2C)c2c(-c3ccccc3)n(Cc3ccccc3)c3ccccc23)cc1. The Morgan fingerprint density at radius 3 is 1.78 bits per heavy atom. The lowest BCUT2D eigenvalue weighted by Gasteiger charge is -2.27. The average Bonchev–Trinajstić information content (AvgIpc) is 3.41. The first-order valence-electron chi connectivity index (χ1n) is 17.0. The maximum absolute atomic E-state index is 2.55. The Balaban J connectivity index is 1.65. The third kappa shape index (κ3) is 6.07. The van der Waals surface area contributed by atoms with Crippen LogP contribution in [0.15, 0.2) is 127 Å². The van der Waals surface area contributed by atoms with Crippen molar-refractivity contribution < 1.29 is 0 Å². The number of rotatable bonds is 12. The van der Waals surface area contributed by atoms with Crippen molar-refractivity contribution in [2.75, 3.05) is 36.0 Å². The zero-order valence-electron chi connectivity index (χ0n) is 28.1. The molecule has 0 spiro atoms. The summed E-state index contributed by atoms with van der Waals surface area (Å²) in [6, 6.07) is 47.4. The van der Waals surface area contributed by atoms with Crippen molar-refractivity contribution in [3.05, 3.63) is 155 Å². The number of benzene rings is 5. The molecule has 3 nitrogen and oxygen atoms in total. The fourth-order valence-electron chi connectivity index (χ4n) is 7.20. The van der Waals surface area contributed by atoms with Gasteiger partial charge in [0, 0.05) is 60.9 Å². The maximum Gasteiger partial charge on any atom is 0.0536 e. The number of anilines is 2. The smallest absolute Gasteiger partial charge is 0.0536 e. The summed E-state index contributed by atoms with van der Waals surface area (Å²) in [5.41, 5.74) is 13.0. The predicted molar refractivity (Wildman–Crippen MR) is 199 cm³/mol. The Kier molecular flexibility index (Phi) is 9.59. The molecule has 6 rings (SSSR count). The van der Waals surface area contributed by atoms with Crippen LogP contribution in [-0.2, 0) is 6.54 Å². The van der Waals surface area contributed by atoms with E-state index in [0.29, 0.717) is 0 Å². The highest BCUT2D eigenvalue weighted by atomic mass is 15.1. The van der Waals surface area contributed by atoms with Gasteiger partial charge in [0.2, 0.25) is 0 Å². The number of aromatic nitrogens is 1. The summed E-state index contributed by atoms with van der Waals surface area (Å²) in [6.45, 7) is 16.0. The van der Waals surface area contributed by atoms with E-state index in [4.69, 9.17) is 0 Å². The average molecular weight is 606 g/mol. The molecule has 0 bridgehead atoms. The molecule has 0 fully saturated rings. The Morgan fingerprint density at radius 2 is 1.15 bits per heavy atom. The van der Waals surface area contributed by atoms with Crippen molar-refractivity contribution in [2.24, 2.45) is 0 Å². The van der Waals surface area contributed by atoms with Gasteiger partial charge in [-0.1, -0.05) is 97.1 Å². The van der Waals surface area contributed by atoms with E-state index in [0.717, 1.165) is 32.7 Å². The van der Waals surface area contributed by atoms with Gasteiger partial charge in [-0.25, -0.2) is 0 Å². The predicted octanol–water partition coefficient (Wildman–Crippen LogP) is 10.5. The van der Waals surface area contributed by atoms with Crippen LogP contribution in [0.3, 0.4) is 0 Å². The van der Waals surface area contributed by atoms with Gasteiger partial charge in [-0.2, -0.15) is 0 Å². The van der Waals surface area contributed by atoms with Gasteiger partial charge < -0.3 is 14.4 Å². The molecule has 46 heavy (non-hydrogen) atoms. The molecule has 1 atom stereocenters. The Labute approximate surface area is 275 Å². The number of hydrogen-bond donors (Lipinski definition) is 0. The Bertz CT molecular complexity index is 1860. The largest absolute Gasteiger partial charge is 0.372 e. The van der Waals surface area contributed by atoms with Crippen LogP contribution in [0.4, 0.5) is 11.4 Å². The number of hydrogen-bond acceptors (Lipinski definition) is 2. The summed E-state index contributed by atoms with van der Waals surface area (Å²) in [5.74, 6) is 0.0497. The topological polar surface area (TPSA) is 11.4 Å². The fourth-order valence-corrected chi connectivity index (χ4v) is 7.20. The highest BCUT2D eigenvalue weighted by Gasteiger charge is 2.29. The Hall–Kier alpha value is -4.76. The van der Waals surface area contributed by atoms with Crippen molar-refractivity contribution in [3.63, 3.8) is 0 Å². The van der Waals surface area contributed by atoms with Gasteiger partial charge in [0.05, 0.1) is 5.69 Å². The van der Waals surface area contributed by atoms with Crippen LogP contribution >= 0.6 is 0 Å². The third-order valence-electron chi connectivity index (χ3n) is 9.58.